The van der Waals surface area contributed by atoms with Gasteiger partial charge in [0.25, 0.3) is 0 Å². The average Bonchev–Trinajstić information content (AvgIpc) is 3.08. The van der Waals surface area contributed by atoms with Gasteiger partial charge < -0.3 is 9.57 Å². The zero-order valence-corrected chi connectivity index (χ0v) is 27.1. The Morgan fingerprint density at radius 3 is 1.76 bits per heavy atom. The summed E-state index contributed by atoms with van der Waals surface area (Å²) in [7, 11) is 0. The molecule has 0 N–H and O–H groups in total. The molecular weight excluding hydrogens is 638 g/mol. The van der Waals surface area contributed by atoms with Gasteiger partial charge >= 0.3 is 5.97 Å². The quantitative estimate of drug-likeness (QED) is 0.0407. The number of carbonyl (C=O) groups excluding carboxylic acids is 3. The minimum Gasteiger partial charge on any atom is -0.457 e. The Bertz CT molecular complexity index is 1830. The Kier molecular flexibility index (Phi) is 11.5. The molecule has 0 atom stereocenters. The Morgan fingerprint density at radius 2 is 1.17 bits per heavy atom. The average molecular weight is 666 g/mol. The third-order valence-corrected chi connectivity index (χ3v) is 8.81. The van der Waals surface area contributed by atoms with Gasteiger partial charge in [-0.2, -0.15) is 0 Å². The Labute approximate surface area is 280 Å². The molecule has 0 saturated heterocycles. The van der Waals surface area contributed by atoms with Crippen molar-refractivity contribution in [1.82, 2.24) is 0 Å². The van der Waals surface area contributed by atoms with Gasteiger partial charge in [-0.25, -0.2) is 4.79 Å². The molecule has 9 heteroatoms. The van der Waals surface area contributed by atoms with Crippen LogP contribution in [0, 0.1) is 0 Å². The van der Waals surface area contributed by atoms with Crippen molar-refractivity contribution in [2.45, 2.75) is 28.0 Å². The topological polar surface area (TPSA) is 82.0 Å². The van der Waals surface area contributed by atoms with Crippen LogP contribution in [0.5, 0.6) is 11.5 Å². The number of halogens is 1. The van der Waals surface area contributed by atoms with E-state index in [0.29, 0.717) is 39.6 Å². The molecule has 6 nitrogen and oxygen atoms in total. The largest absolute Gasteiger partial charge is 0.457 e. The predicted molar refractivity (Wildman–Crippen MR) is 184 cm³/mol. The summed E-state index contributed by atoms with van der Waals surface area (Å²) in [6.07, 6.45) is 0.312. The first-order valence-corrected chi connectivity index (χ1v) is 16.5. The third-order valence-electron chi connectivity index (χ3n) is 6.53. The van der Waals surface area contributed by atoms with Crippen molar-refractivity contribution in [3.63, 3.8) is 0 Å². The van der Waals surface area contributed by atoms with Crippen molar-refractivity contribution in [1.29, 1.82) is 0 Å². The van der Waals surface area contributed by atoms with Gasteiger partial charge in [0, 0.05) is 55.5 Å². The van der Waals surface area contributed by atoms with E-state index in [9.17, 15) is 14.4 Å². The van der Waals surface area contributed by atoms with Crippen LogP contribution < -0.4 is 4.74 Å². The minimum atomic E-state index is -0.596. The van der Waals surface area contributed by atoms with Gasteiger partial charge in [0.15, 0.2) is 5.78 Å². The number of thioether (sulfide) groups is 1. The van der Waals surface area contributed by atoms with E-state index in [0.717, 1.165) is 20.4 Å². The lowest BCUT2D eigenvalue weighted by Crippen LogP contribution is -2.16. The Balaban J connectivity index is 1.17. The number of hydrogen-bond donors (Lipinski definition) is 0. The second-order valence-corrected chi connectivity index (χ2v) is 12.7. The molecule has 5 aromatic carbocycles. The van der Waals surface area contributed by atoms with E-state index < -0.39 is 5.97 Å². The lowest BCUT2D eigenvalue weighted by Gasteiger charge is -2.08. The summed E-state index contributed by atoms with van der Waals surface area (Å²) >= 11 is 9.01. The van der Waals surface area contributed by atoms with Crippen LogP contribution in [-0.2, 0) is 9.63 Å². The zero-order chi connectivity index (χ0) is 32.3. The van der Waals surface area contributed by atoms with E-state index in [1.807, 2.05) is 66.7 Å². The van der Waals surface area contributed by atoms with Crippen LogP contribution in [0.2, 0.25) is 5.02 Å². The fraction of sp³-hybridized carbons (Fsp3) is 0.0811. The molecule has 0 heterocycles. The number of ketones is 2. The summed E-state index contributed by atoms with van der Waals surface area (Å²) in [6.45, 7) is 1.24. The number of para-hydroxylation sites is 1. The lowest BCUT2D eigenvalue weighted by molar-refractivity contribution is -0.140. The van der Waals surface area contributed by atoms with Crippen LogP contribution >= 0.6 is 35.1 Å². The van der Waals surface area contributed by atoms with Crippen molar-refractivity contribution in [2.75, 3.05) is 5.75 Å². The molecule has 0 bridgehead atoms. The first-order valence-electron chi connectivity index (χ1n) is 14.3. The zero-order valence-electron chi connectivity index (χ0n) is 24.7. The summed E-state index contributed by atoms with van der Waals surface area (Å²) in [4.78, 5) is 45.3. The van der Waals surface area contributed by atoms with E-state index in [-0.39, 0.29) is 17.3 Å². The second kappa shape index (κ2) is 16.1. The van der Waals surface area contributed by atoms with Gasteiger partial charge in [-0.1, -0.05) is 46.7 Å². The molecule has 0 radical (unpaired) electrons. The first-order chi connectivity index (χ1) is 22.3. The first kappa shape index (κ1) is 32.8. The molecule has 0 saturated carbocycles. The van der Waals surface area contributed by atoms with Crippen LogP contribution in [0.15, 0.2) is 147 Å². The number of hydrogen-bond acceptors (Lipinski definition) is 8. The van der Waals surface area contributed by atoms with E-state index in [1.54, 1.807) is 72.4 Å². The minimum absolute atomic E-state index is 0.0801. The third kappa shape index (κ3) is 9.44. The monoisotopic (exact) mass is 665 g/mol. The smallest absolute Gasteiger partial charge is 0.331 e. The highest BCUT2D eigenvalue weighted by molar-refractivity contribution is 7.99. The van der Waals surface area contributed by atoms with Crippen LogP contribution in [0.3, 0.4) is 0 Å². The predicted octanol–water partition coefficient (Wildman–Crippen LogP) is 9.80. The molecule has 0 fully saturated rings. The highest BCUT2D eigenvalue weighted by atomic mass is 35.5. The number of carbonyl (C=O) groups is 3. The molecule has 0 amide bonds. The van der Waals surface area contributed by atoms with Crippen molar-refractivity contribution >= 4 is 58.4 Å². The summed E-state index contributed by atoms with van der Waals surface area (Å²) in [5.41, 5.74) is 1.75. The molecule has 5 rings (SSSR count). The number of nitrogens with zero attached hydrogens (tertiary/aromatic N) is 1. The molecule has 0 aliphatic heterocycles. The van der Waals surface area contributed by atoms with Crippen LogP contribution in [-0.4, -0.2) is 29.0 Å². The molecule has 0 aromatic heterocycles. The normalized spacial score (nSPS) is 11.1. The van der Waals surface area contributed by atoms with Gasteiger partial charge in [-0.05, 0) is 109 Å². The number of oxime groups is 1. The van der Waals surface area contributed by atoms with Crippen molar-refractivity contribution in [3.8, 4) is 11.5 Å². The van der Waals surface area contributed by atoms with Gasteiger partial charge in [0.1, 0.15) is 17.2 Å². The fourth-order valence-corrected chi connectivity index (χ4v) is 6.04. The standard InChI is InChI=1S/C37H28ClNO5S2/c1-25(40)44-39-35(23-24-45-32-21-13-29(38)14-22-32)37(42)28-11-19-34(20-12-28)46-33-17-9-27(10-18-33)36(41)26-7-15-31(16-8-26)43-30-5-3-2-4-6-30/h2-22H,23-24H2,1H3. The van der Waals surface area contributed by atoms with E-state index >= 15 is 0 Å². The Hall–Kier alpha value is -4.63. The highest BCUT2D eigenvalue weighted by Gasteiger charge is 2.16. The van der Waals surface area contributed by atoms with Gasteiger partial charge in [-0.3, -0.25) is 9.59 Å². The van der Waals surface area contributed by atoms with Crippen molar-refractivity contribution in [2.24, 2.45) is 5.16 Å². The number of benzene rings is 5. The maximum absolute atomic E-state index is 13.2. The number of rotatable bonds is 13. The molecular formula is C37H28ClNO5S2. The summed E-state index contributed by atoms with van der Waals surface area (Å²) in [5.74, 6) is 0.966. The summed E-state index contributed by atoms with van der Waals surface area (Å²) < 4.78 is 5.82. The van der Waals surface area contributed by atoms with Crippen LogP contribution in [0.25, 0.3) is 0 Å². The highest BCUT2D eigenvalue weighted by Crippen LogP contribution is 2.29. The Morgan fingerprint density at radius 1 is 0.652 bits per heavy atom. The molecule has 5 aromatic rings. The summed E-state index contributed by atoms with van der Waals surface area (Å²) in [6, 6.07) is 38.5. The van der Waals surface area contributed by atoms with Crippen molar-refractivity contribution < 1.29 is 24.0 Å². The number of Topliss-reactive ketones (excluding diaryl/α,β-unsaturated/α-hetero) is 1. The summed E-state index contributed by atoms with van der Waals surface area (Å²) in [5, 5.41) is 4.50. The van der Waals surface area contributed by atoms with E-state index in [2.05, 4.69) is 5.16 Å². The SMILES string of the molecule is CC(=O)ON=C(CCSc1ccc(Cl)cc1)C(=O)c1ccc(Sc2ccc(C(=O)c3ccc(Oc4ccccc4)cc3)cc2)cc1. The maximum atomic E-state index is 13.2. The molecule has 0 aliphatic rings. The van der Waals surface area contributed by atoms with E-state index in [1.165, 1.54) is 18.7 Å². The number of ether oxygens (including phenoxy) is 1. The fourth-order valence-electron chi connectivity index (χ4n) is 4.23. The lowest BCUT2D eigenvalue weighted by atomic mass is 10.0. The molecule has 0 unspecified atom stereocenters. The van der Waals surface area contributed by atoms with Crippen molar-refractivity contribution in [3.05, 3.63) is 149 Å². The second-order valence-electron chi connectivity index (χ2n) is 9.92. The van der Waals surface area contributed by atoms with Crippen LogP contribution in [0.1, 0.15) is 39.6 Å². The molecule has 0 spiro atoms. The molecule has 230 valence electrons. The van der Waals surface area contributed by atoms with Crippen LogP contribution in [0.4, 0.5) is 0 Å². The molecule has 0 aliphatic carbocycles. The van der Waals surface area contributed by atoms with Gasteiger partial charge in [0.05, 0.1) is 0 Å². The molecule has 46 heavy (non-hydrogen) atoms. The van der Waals surface area contributed by atoms with Gasteiger partial charge in [0.2, 0.25) is 5.78 Å². The van der Waals surface area contributed by atoms with E-state index in [4.69, 9.17) is 21.2 Å². The van der Waals surface area contributed by atoms with Gasteiger partial charge in [-0.15, -0.1) is 11.8 Å². The maximum Gasteiger partial charge on any atom is 0.331 e.